The lowest BCUT2D eigenvalue weighted by molar-refractivity contribution is -0.117. The summed E-state index contributed by atoms with van der Waals surface area (Å²) >= 11 is 0. The van der Waals surface area contributed by atoms with Crippen LogP contribution in [0.4, 0.5) is 26.2 Å². The molecule has 0 bridgehead atoms. The maximum atomic E-state index is 15.2. The minimum absolute atomic E-state index is 0.0356. The molecule has 1 saturated heterocycles. The number of amides is 1. The first-order valence-corrected chi connectivity index (χ1v) is 11.3. The second-order valence-electron chi connectivity index (χ2n) is 8.81. The van der Waals surface area contributed by atoms with Crippen molar-refractivity contribution >= 4 is 39.8 Å². The molecule has 0 saturated carbocycles. The first-order chi connectivity index (χ1) is 16.3. The van der Waals surface area contributed by atoms with Crippen molar-refractivity contribution < 1.29 is 18.7 Å². The molecule has 2 N–H and O–H groups in total. The number of ether oxygens (including phenoxy) is 1. The lowest BCUT2D eigenvalue weighted by atomic mass is 10.1. The molecule has 2 aliphatic rings. The number of nitrogen functional groups attached to an aromatic ring is 1. The number of aromatic nitrogens is 2. The predicted molar refractivity (Wildman–Crippen MR) is 127 cm³/mol. The van der Waals surface area contributed by atoms with Gasteiger partial charge in [-0.1, -0.05) is 0 Å². The molecule has 10 heteroatoms. The largest absolute Gasteiger partial charge is 0.444 e. The molecule has 5 rings (SSSR count). The number of anilines is 3. The van der Waals surface area contributed by atoms with E-state index in [2.05, 4.69) is 0 Å². The molecular formula is C24H26FN5O4. The van der Waals surface area contributed by atoms with Crippen LogP contribution in [0.5, 0.6) is 0 Å². The molecule has 1 fully saturated rings. The average Bonchev–Trinajstić information content (AvgIpc) is 3.19. The van der Waals surface area contributed by atoms with Crippen LogP contribution in [-0.4, -0.2) is 47.0 Å². The summed E-state index contributed by atoms with van der Waals surface area (Å²) in [6.45, 7) is 3.68. The zero-order valence-corrected chi connectivity index (χ0v) is 18.9. The van der Waals surface area contributed by atoms with Gasteiger partial charge in [-0.15, -0.1) is 0 Å². The van der Waals surface area contributed by atoms with Gasteiger partial charge in [-0.3, -0.25) is 14.4 Å². The molecule has 3 aromatic rings. The van der Waals surface area contributed by atoms with Gasteiger partial charge in [-0.05, 0) is 49.7 Å². The molecule has 0 aliphatic carbocycles. The molecule has 2 aromatic carbocycles. The number of ketones is 1. The number of carbonyl (C=O) groups is 2. The van der Waals surface area contributed by atoms with Gasteiger partial charge in [0.25, 0.3) is 5.56 Å². The van der Waals surface area contributed by atoms with Gasteiger partial charge in [0.15, 0.2) is 0 Å². The van der Waals surface area contributed by atoms with Crippen molar-refractivity contribution in [2.24, 2.45) is 0 Å². The Bertz CT molecular complexity index is 1350. The third-order valence-corrected chi connectivity index (χ3v) is 6.49. The van der Waals surface area contributed by atoms with Gasteiger partial charge in [0.2, 0.25) is 0 Å². The Morgan fingerprint density at radius 3 is 2.59 bits per heavy atom. The maximum absolute atomic E-state index is 15.2. The summed E-state index contributed by atoms with van der Waals surface area (Å²) in [6, 6.07) is 9.98. The highest BCUT2D eigenvalue weighted by atomic mass is 19.1. The zero-order chi connectivity index (χ0) is 24.0. The standard InChI is InChI=1S/C24H26FN5O4/c1-15(31)2-5-18-14-28(24(33)34-18)17-4-7-22(20(25)13-17)27-8-10-29-21-6-3-16(26)12-19(21)23(32)30(29)11-9-27/h3-4,6-7,12-13,18H,2,5,8-11,14,26H2,1H3/t18-/m0/s1. The van der Waals surface area contributed by atoms with Gasteiger partial charge in [0, 0.05) is 25.2 Å². The average molecular weight is 468 g/mol. The monoisotopic (exact) mass is 467 g/mol. The highest BCUT2D eigenvalue weighted by Gasteiger charge is 2.33. The van der Waals surface area contributed by atoms with Crippen LogP contribution in [0.1, 0.15) is 19.8 Å². The number of hydrogen-bond acceptors (Lipinski definition) is 6. The molecule has 0 spiro atoms. The van der Waals surface area contributed by atoms with Crippen LogP contribution in [0, 0.1) is 5.82 Å². The summed E-state index contributed by atoms with van der Waals surface area (Å²) in [5.41, 5.74) is 7.92. The van der Waals surface area contributed by atoms with E-state index < -0.39 is 11.9 Å². The summed E-state index contributed by atoms with van der Waals surface area (Å²) in [7, 11) is 0. The Kier molecular flexibility index (Phi) is 5.51. The van der Waals surface area contributed by atoms with Crippen LogP contribution in [0.3, 0.4) is 0 Å². The summed E-state index contributed by atoms with van der Waals surface area (Å²) in [4.78, 5) is 39.6. The summed E-state index contributed by atoms with van der Waals surface area (Å²) in [5, 5.41) is 0.586. The molecule has 9 nitrogen and oxygen atoms in total. The molecule has 1 aromatic heterocycles. The number of halogens is 1. The van der Waals surface area contributed by atoms with Crippen molar-refractivity contribution in [3.05, 3.63) is 52.6 Å². The Balaban J connectivity index is 1.33. The highest BCUT2D eigenvalue weighted by molar-refractivity contribution is 5.90. The number of benzene rings is 2. The summed E-state index contributed by atoms with van der Waals surface area (Å²) < 4.78 is 24.1. The number of cyclic esters (lactones) is 1. The van der Waals surface area contributed by atoms with Crippen molar-refractivity contribution in [3.63, 3.8) is 0 Å². The van der Waals surface area contributed by atoms with Gasteiger partial charge in [-0.2, -0.15) is 0 Å². The molecule has 34 heavy (non-hydrogen) atoms. The van der Waals surface area contributed by atoms with E-state index >= 15 is 4.39 Å². The lowest BCUT2D eigenvalue weighted by Crippen LogP contribution is -2.29. The summed E-state index contributed by atoms with van der Waals surface area (Å²) in [6.07, 6.45) is -0.139. The first kappa shape index (κ1) is 22.0. The fourth-order valence-electron chi connectivity index (χ4n) is 4.74. The molecule has 3 heterocycles. The maximum Gasteiger partial charge on any atom is 0.414 e. The van der Waals surface area contributed by atoms with E-state index in [9.17, 15) is 14.4 Å². The van der Waals surface area contributed by atoms with E-state index in [4.69, 9.17) is 10.5 Å². The van der Waals surface area contributed by atoms with Crippen molar-refractivity contribution in [2.75, 3.05) is 35.2 Å². The Morgan fingerprint density at radius 1 is 1.09 bits per heavy atom. The first-order valence-electron chi connectivity index (χ1n) is 11.3. The molecule has 1 atom stereocenters. The van der Waals surface area contributed by atoms with Crippen LogP contribution in [0.25, 0.3) is 10.9 Å². The van der Waals surface area contributed by atoms with E-state index in [1.54, 1.807) is 28.9 Å². The smallest absolute Gasteiger partial charge is 0.414 e. The van der Waals surface area contributed by atoms with Crippen LogP contribution >= 0.6 is 0 Å². The van der Waals surface area contributed by atoms with Crippen molar-refractivity contribution in [3.8, 4) is 0 Å². The molecule has 0 unspecified atom stereocenters. The van der Waals surface area contributed by atoms with Crippen molar-refractivity contribution in [1.82, 2.24) is 9.36 Å². The second-order valence-corrected chi connectivity index (χ2v) is 8.81. The van der Waals surface area contributed by atoms with E-state index in [-0.39, 0.29) is 24.0 Å². The van der Waals surface area contributed by atoms with E-state index in [0.29, 0.717) is 61.5 Å². The number of Topliss-reactive ketones (excluding diaryl/α,β-unsaturated/α-hetero) is 1. The normalized spacial score (nSPS) is 18.2. The van der Waals surface area contributed by atoms with Crippen LogP contribution < -0.4 is 21.1 Å². The minimum atomic E-state index is -0.540. The van der Waals surface area contributed by atoms with Crippen LogP contribution in [0.2, 0.25) is 0 Å². The molecule has 178 valence electrons. The fourth-order valence-corrected chi connectivity index (χ4v) is 4.74. The van der Waals surface area contributed by atoms with Gasteiger partial charge in [-0.25, -0.2) is 13.9 Å². The molecule has 0 radical (unpaired) electrons. The SMILES string of the molecule is CC(=O)CC[C@H]1CN(c2ccc(N3CCn4c(=O)c5cc(N)ccc5n4CC3)c(F)c2)C(=O)O1. The van der Waals surface area contributed by atoms with Gasteiger partial charge in [0.1, 0.15) is 17.7 Å². The van der Waals surface area contributed by atoms with Crippen molar-refractivity contribution in [1.29, 1.82) is 0 Å². The van der Waals surface area contributed by atoms with E-state index in [0.717, 1.165) is 5.52 Å². The number of nitrogens with zero attached hydrogens (tertiary/aromatic N) is 4. The van der Waals surface area contributed by atoms with Crippen LogP contribution in [-0.2, 0) is 22.6 Å². The third-order valence-electron chi connectivity index (χ3n) is 6.49. The Labute approximate surface area is 195 Å². The van der Waals surface area contributed by atoms with E-state index in [1.807, 2.05) is 15.6 Å². The fraction of sp³-hybridized carbons (Fsp3) is 0.375. The number of fused-ring (bicyclic) bond motifs is 3. The number of rotatable bonds is 5. The van der Waals surface area contributed by atoms with Gasteiger partial charge < -0.3 is 20.2 Å². The van der Waals surface area contributed by atoms with E-state index in [1.165, 1.54) is 17.9 Å². The quantitative estimate of drug-likeness (QED) is 0.579. The zero-order valence-electron chi connectivity index (χ0n) is 18.9. The number of nitrogens with two attached hydrogens (primary N) is 1. The highest BCUT2D eigenvalue weighted by Crippen LogP contribution is 2.29. The molecule has 2 aliphatic heterocycles. The Hall–Kier alpha value is -3.82. The van der Waals surface area contributed by atoms with Crippen LogP contribution in [0.15, 0.2) is 41.2 Å². The molecule has 1 amide bonds. The topological polar surface area (TPSA) is 103 Å². The minimum Gasteiger partial charge on any atom is -0.444 e. The van der Waals surface area contributed by atoms with Gasteiger partial charge in [0.05, 0.1) is 41.9 Å². The second kappa shape index (κ2) is 8.51. The third kappa shape index (κ3) is 3.89. The predicted octanol–water partition coefficient (Wildman–Crippen LogP) is 2.74. The van der Waals surface area contributed by atoms with Crippen molar-refractivity contribution in [2.45, 2.75) is 39.0 Å². The lowest BCUT2D eigenvalue weighted by Gasteiger charge is -2.24. The number of carbonyl (C=O) groups excluding carboxylic acids is 2. The summed E-state index contributed by atoms with van der Waals surface area (Å²) in [5.74, 6) is -0.414. The molecular weight excluding hydrogens is 441 g/mol. The van der Waals surface area contributed by atoms with Gasteiger partial charge >= 0.3 is 6.09 Å². The Morgan fingerprint density at radius 2 is 1.85 bits per heavy atom. The number of hydrogen-bond donors (Lipinski definition) is 1.